The average molecular weight is 323 g/mol. The SMILES string of the molecule is O=C(Cc1cccs1)N1CCN(CCN2CCOCC2)CC1. The Morgan fingerprint density at radius 3 is 2.36 bits per heavy atom. The molecule has 0 bridgehead atoms. The molecule has 3 heterocycles. The first-order chi connectivity index (χ1) is 10.8. The van der Waals surface area contributed by atoms with E-state index in [2.05, 4.69) is 9.80 Å². The minimum absolute atomic E-state index is 0.273. The number of rotatable bonds is 5. The predicted molar refractivity (Wildman–Crippen MR) is 88.3 cm³/mol. The van der Waals surface area contributed by atoms with E-state index in [4.69, 9.17) is 4.74 Å². The maximum Gasteiger partial charge on any atom is 0.227 e. The van der Waals surface area contributed by atoms with Crippen LogP contribution in [0.5, 0.6) is 0 Å². The highest BCUT2D eigenvalue weighted by Crippen LogP contribution is 2.12. The zero-order valence-electron chi connectivity index (χ0n) is 13.1. The summed E-state index contributed by atoms with van der Waals surface area (Å²) in [7, 11) is 0. The minimum Gasteiger partial charge on any atom is -0.379 e. The van der Waals surface area contributed by atoms with E-state index in [1.54, 1.807) is 11.3 Å². The summed E-state index contributed by atoms with van der Waals surface area (Å²) in [6.07, 6.45) is 0.561. The number of ether oxygens (including phenoxy) is 1. The van der Waals surface area contributed by atoms with Crippen molar-refractivity contribution >= 4 is 17.2 Å². The summed E-state index contributed by atoms with van der Waals surface area (Å²) in [5.74, 6) is 0.273. The zero-order valence-corrected chi connectivity index (χ0v) is 13.9. The Labute approximate surface area is 136 Å². The molecule has 2 saturated heterocycles. The van der Waals surface area contributed by atoms with Crippen molar-refractivity contribution in [3.63, 3.8) is 0 Å². The molecule has 0 unspecified atom stereocenters. The fraction of sp³-hybridized carbons (Fsp3) is 0.688. The van der Waals surface area contributed by atoms with Crippen molar-refractivity contribution in [2.75, 3.05) is 65.6 Å². The highest BCUT2D eigenvalue weighted by atomic mass is 32.1. The van der Waals surface area contributed by atoms with E-state index in [1.165, 1.54) is 4.88 Å². The first-order valence-corrected chi connectivity index (χ1v) is 9.02. The predicted octanol–water partition coefficient (Wildman–Crippen LogP) is 0.767. The molecule has 1 aromatic rings. The molecule has 1 aromatic heterocycles. The van der Waals surface area contributed by atoms with Gasteiger partial charge >= 0.3 is 0 Å². The smallest absolute Gasteiger partial charge is 0.227 e. The molecule has 0 aromatic carbocycles. The summed E-state index contributed by atoms with van der Waals surface area (Å²) < 4.78 is 5.38. The first kappa shape index (κ1) is 15.9. The third kappa shape index (κ3) is 4.52. The highest BCUT2D eigenvalue weighted by Gasteiger charge is 2.21. The van der Waals surface area contributed by atoms with Gasteiger partial charge in [-0.15, -0.1) is 11.3 Å². The molecule has 0 spiro atoms. The molecule has 0 N–H and O–H groups in total. The van der Waals surface area contributed by atoms with E-state index in [1.807, 2.05) is 22.4 Å². The van der Waals surface area contributed by atoms with Crippen molar-refractivity contribution in [1.29, 1.82) is 0 Å². The van der Waals surface area contributed by atoms with Crippen LogP contribution in [-0.4, -0.2) is 86.2 Å². The van der Waals surface area contributed by atoms with Crippen LogP contribution in [0, 0.1) is 0 Å². The van der Waals surface area contributed by atoms with Crippen LogP contribution in [-0.2, 0) is 16.0 Å². The minimum atomic E-state index is 0.273. The van der Waals surface area contributed by atoms with Crippen LogP contribution in [0.25, 0.3) is 0 Å². The van der Waals surface area contributed by atoms with Crippen molar-refractivity contribution in [2.45, 2.75) is 6.42 Å². The number of piperazine rings is 1. The Morgan fingerprint density at radius 1 is 1.05 bits per heavy atom. The molecule has 2 fully saturated rings. The fourth-order valence-corrected chi connectivity index (χ4v) is 3.70. The number of hydrogen-bond acceptors (Lipinski definition) is 5. The van der Waals surface area contributed by atoms with Crippen LogP contribution in [0.2, 0.25) is 0 Å². The largest absolute Gasteiger partial charge is 0.379 e. The molecule has 0 radical (unpaired) electrons. The lowest BCUT2D eigenvalue weighted by molar-refractivity contribution is -0.132. The molecular formula is C16H25N3O2S. The fourth-order valence-electron chi connectivity index (χ4n) is 3.00. The second-order valence-corrected chi connectivity index (χ2v) is 6.96. The normalized spacial score (nSPS) is 21.2. The number of hydrogen-bond donors (Lipinski definition) is 0. The van der Waals surface area contributed by atoms with Crippen molar-refractivity contribution in [2.24, 2.45) is 0 Å². The van der Waals surface area contributed by atoms with E-state index >= 15 is 0 Å². The maximum absolute atomic E-state index is 12.3. The molecule has 0 atom stereocenters. The van der Waals surface area contributed by atoms with Gasteiger partial charge in [0.25, 0.3) is 0 Å². The van der Waals surface area contributed by atoms with E-state index in [9.17, 15) is 4.79 Å². The number of amides is 1. The van der Waals surface area contributed by atoms with E-state index in [-0.39, 0.29) is 5.91 Å². The summed E-state index contributed by atoms with van der Waals surface area (Å²) in [4.78, 5) is 20.4. The number of thiophene rings is 1. The van der Waals surface area contributed by atoms with Gasteiger partial charge in [-0.3, -0.25) is 14.6 Å². The molecule has 0 saturated carbocycles. The molecule has 122 valence electrons. The Morgan fingerprint density at radius 2 is 1.73 bits per heavy atom. The molecule has 22 heavy (non-hydrogen) atoms. The van der Waals surface area contributed by atoms with Crippen molar-refractivity contribution in [1.82, 2.24) is 14.7 Å². The van der Waals surface area contributed by atoms with Crippen molar-refractivity contribution < 1.29 is 9.53 Å². The molecule has 0 aliphatic carbocycles. The van der Waals surface area contributed by atoms with Gasteiger partial charge in [-0.2, -0.15) is 0 Å². The summed E-state index contributed by atoms with van der Waals surface area (Å²) >= 11 is 1.67. The number of morpholine rings is 1. The lowest BCUT2D eigenvalue weighted by Crippen LogP contribution is -2.51. The van der Waals surface area contributed by atoms with Crippen LogP contribution in [0.15, 0.2) is 17.5 Å². The van der Waals surface area contributed by atoms with Crippen LogP contribution >= 0.6 is 11.3 Å². The van der Waals surface area contributed by atoms with Crippen LogP contribution in [0.1, 0.15) is 4.88 Å². The Kier molecular flexibility index (Phi) is 5.83. The molecule has 5 nitrogen and oxygen atoms in total. The van der Waals surface area contributed by atoms with Gasteiger partial charge in [-0.25, -0.2) is 0 Å². The Balaban J connectivity index is 1.35. The lowest BCUT2D eigenvalue weighted by atomic mass is 10.2. The average Bonchev–Trinajstić information content (AvgIpc) is 3.07. The van der Waals surface area contributed by atoms with Gasteiger partial charge in [0.15, 0.2) is 0 Å². The summed E-state index contributed by atoms with van der Waals surface area (Å²) in [6, 6.07) is 4.05. The third-order valence-corrected chi connectivity index (χ3v) is 5.34. The van der Waals surface area contributed by atoms with Gasteiger partial charge in [-0.1, -0.05) is 6.07 Å². The van der Waals surface area contributed by atoms with Crippen LogP contribution < -0.4 is 0 Å². The molecule has 3 rings (SSSR count). The van der Waals surface area contributed by atoms with Gasteiger partial charge in [-0.05, 0) is 11.4 Å². The van der Waals surface area contributed by atoms with Crippen molar-refractivity contribution in [3.05, 3.63) is 22.4 Å². The van der Waals surface area contributed by atoms with E-state index < -0.39 is 0 Å². The maximum atomic E-state index is 12.3. The van der Waals surface area contributed by atoms with Gasteiger partial charge < -0.3 is 9.64 Å². The van der Waals surface area contributed by atoms with Gasteiger partial charge in [0.1, 0.15) is 0 Å². The van der Waals surface area contributed by atoms with Crippen molar-refractivity contribution in [3.8, 4) is 0 Å². The number of carbonyl (C=O) groups is 1. The van der Waals surface area contributed by atoms with Gasteiger partial charge in [0, 0.05) is 57.2 Å². The number of carbonyl (C=O) groups excluding carboxylic acids is 1. The Hall–Kier alpha value is -0.950. The van der Waals surface area contributed by atoms with Gasteiger partial charge in [0.2, 0.25) is 5.91 Å². The summed E-state index contributed by atoms with van der Waals surface area (Å²) in [5, 5.41) is 2.03. The number of nitrogens with zero attached hydrogens (tertiary/aromatic N) is 3. The van der Waals surface area contributed by atoms with Crippen LogP contribution in [0.3, 0.4) is 0 Å². The van der Waals surface area contributed by atoms with Crippen LogP contribution in [0.4, 0.5) is 0 Å². The Bertz CT molecular complexity index is 452. The summed E-state index contributed by atoms with van der Waals surface area (Å²) in [5.41, 5.74) is 0. The topological polar surface area (TPSA) is 36.0 Å². The zero-order chi connectivity index (χ0) is 15.2. The molecule has 2 aliphatic rings. The quantitative estimate of drug-likeness (QED) is 0.802. The van der Waals surface area contributed by atoms with Gasteiger partial charge in [0.05, 0.1) is 19.6 Å². The van der Waals surface area contributed by atoms with E-state index in [0.717, 1.165) is 65.6 Å². The second-order valence-electron chi connectivity index (χ2n) is 5.93. The molecule has 6 heteroatoms. The second kappa shape index (κ2) is 8.06. The molecular weight excluding hydrogens is 298 g/mol. The highest BCUT2D eigenvalue weighted by molar-refractivity contribution is 7.10. The van der Waals surface area contributed by atoms with E-state index in [0.29, 0.717) is 6.42 Å². The molecule has 1 amide bonds. The molecule has 2 aliphatic heterocycles. The standard InChI is InChI=1S/C16H25N3O2S/c20-16(14-15-2-1-13-22-15)19-7-5-17(6-8-19)3-4-18-9-11-21-12-10-18/h1-2,13H,3-12,14H2. The summed E-state index contributed by atoms with van der Waals surface area (Å²) in [6.45, 7) is 9.80. The first-order valence-electron chi connectivity index (χ1n) is 8.14. The monoisotopic (exact) mass is 323 g/mol. The third-order valence-electron chi connectivity index (χ3n) is 4.47. The lowest BCUT2D eigenvalue weighted by Gasteiger charge is -2.36.